The number of rotatable bonds is 7. The highest BCUT2D eigenvalue weighted by atomic mass is 127. The molecule has 0 aliphatic heterocycles. The zero-order valence-electron chi connectivity index (χ0n) is 12.6. The lowest BCUT2D eigenvalue weighted by atomic mass is 10.3. The maximum Gasteiger partial charge on any atom is 0.191 e. The number of methoxy groups -OCH3 is 1. The lowest BCUT2D eigenvalue weighted by Gasteiger charge is -2.16. The van der Waals surface area contributed by atoms with Crippen LogP contribution in [0.5, 0.6) is 0 Å². The van der Waals surface area contributed by atoms with Crippen LogP contribution in [0.25, 0.3) is 0 Å². The van der Waals surface area contributed by atoms with E-state index in [0.29, 0.717) is 6.61 Å². The Labute approximate surface area is 142 Å². The Morgan fingerprint density at radius 2 is 2.30 bits per heavy atom. The Balaban J connectivity index is 0.00000361. The van der Waals surface area contributed by atoms with Crippen molar-refractivity contribution in [3.63, 3.8) is 0 Å². The molecule has 0 spiro atoms. The van der Waals surface area contributed by atoms with Gasteiger partial charge < -0.3 is 15.4 Å². The van der Waals surface area contributed by atoms with Gasteiger partial charge in [0, 0.05) is 38.5 Å². The van der Waals surface area contributed by atoms with E-state index in [0.717, 1.165) is 31.0 Å². The number of guanidine groups is 1. The summed E-state index contributed by atoms with van der Waals surface area (Å²) in [6.07, 6.45) is 1.92. The smallest absolute Gasteiger partial charge is 0.191 e. The van der Waals surface area contributed by atoms with Crippen LogP contribution in [0.15, 0.2) is 10.4 Å². The Kier molecular flexibility index (Phi) is 11.0. The van der Waals surface area contributed by atoms with Crippen LogP contribution in [-0.4, -0.2) is 44.3 Å². The van der Waals surface area contributed by atoms with Crippen molar-refractivity contribution in [1.82, 2.24) is 15.6 Å². The molecule has 20 heavy (non-hydrogen) atoms. The first-order chi connectivity index (χ1) is 9.19. The number of halogens is 1. The highest BCUT2D eigenvalue weighted by Gasteiger charge is 2.05. The lowest BCUT2D eigenvalue weighted by Crippen LogP contribution is -2.44. The zero-order chi connectivity index (χ0) is 14.1. The first kappa shape index (κ1) is 19.6. The van der Waals surface area contributed by atoms with Gasteiger partial charge in [-0.05, 0) is 13.3 Å². The van der Waals surface area contributed by atoms with E-state index >= 15 is 0 Å². The highest BCUT2D eigenvalue weighted by Crippen LogP contribution is 2.10. The fraction of sp³-hybridized carbons (Fsp3) is 0.692. The van der Waals surface area contributed by atoms with Crippen molar-refractivity contribution in [3.05, 3.63) is 16.1 Å². The summed E-state index contributed by atoms with van der Waals surface area (Å²) in [6.45, 7) is 5.67. The van der Waals surface area contributed by atoms with E-state index in [9.17, 15) is 0 Å². The molecule has 0 aromatic carbocycles. The Bertz CT molecular complexity index is 397. The molecule has 1 aromatic rings. The minimum absolute atomic E-state index is 0. The van der Waals surface area contributed by atoms with Crippen LogP contribution >= 0.6 is 35.3 Å². The summed E-state index contributed by atoms with van der Waals surface area (Å²) in [7, 11) is 3.47. The molecular formula is C13H25IN4OS. The average molecular weight is 412 g/mol. The molecule has 1 unspecified atom stereocenters. The summed E-state index contributed by atoms with van der Waals surface area (Å²) in [5.41, 5.74) is 1.15. The van der Waals surface area contributed by atoms with Crippen LogP contribution in [-0.2, 0) is 17.6 Å². The SMILES string of the molecule is CCc1nc(CCNC(=NC)NC(C)COC)cs1.I. The number of ether oxygens (including phenoxy) is 1. The lowest BCUT2D eigenvalue weighted by molar-refractivity contribution is 0.179. The van der Waals surface area contributed by atoms with Crippen LogP contribution in [0, 0.1) is 0 Å². The van der Waals surface area contributed by atoms with E-state index in [2.05, 4.69) is 39.8 Å². The maximum absolute atomic E-state index is 5.08. The normalized spacial score (nSPS) is 12.7. The van der Waals surface area contributed by atoms with Crippen LogP contribution in [0.2, 0.25) is 0 Å². The average Bonchev–Trinajstić information content (AvgIpc) is 2.86. The van der Waals surface area contributed by atoms with Gasteiger partial charge in [-0.15, -0.1) is 35.3 Å². The second kappa shape index (κ2) is 11.3. The number of hydrogen-bond donors (Lipinski definition) is 2. The number of nitrogens with zero attached hydrogens (tertiary/aromatic N) is 2. The van der Waals surface area contributed by atoms with Crippen molar-refractivity contribution >= 4 is 41.3 Å². The number of nitrogens with one attached hydrogen (secondary N) is 2. The predicted molar refractivity (Wildman–Crippen MR) is 96.4 cm³/mol. The molecule has 2 N–H and O–H groups in total. The molecule has 7 heteroatoms. The van der Waals surface area contributed by atoms with E-state index in [1.54, 1.807) is 25.5 Å². The summed E-state index contributed by atoms with van der Waals surface area (Å²) in [5, 5.41) is 9.88. The molecule has 1 rings (SSSR count). The zero-order valence-corrected chi connectivity index (χ0v) is 15.7. The van der Waals surface area contributed by atoms with Crippen molar-refractivity contribution < 1.29 is 4.74 Å². The van der Waals surface area contributed by atoms with Gasteiger partial charge in [0.05, 0.1) is 17.3 Å². The molecule has 1 aromatic heterocycles. The molecule has 116 valence electrons. The van der Waals surface area contributed by atoms with Crippen molar-refractivity contribution in [2.24, 2.45) is 4.99 Å². The highest BCUT2D eigenvalue weighted by molar-refractivity contribution is 14.0. The van der Waals surface area contributed by atoms with Gasteiger partial charge >= 0.3 is 0 Å². The van der Waals surface area contributed by atoms with Crippen molar-refractivity contribution in [2.45, 2.75) is 32.7 Å². The van der Waals surface area contributed by atoms with E-state index in [1.165, 1.54) is 5.01 Å². The van der Waals surface area contributed by atoms with Gasteiger partial charge in [-0.1, -0.05) is 6.92 Å². The summed E-state index contributed by atoms with van der Waals surface area (Å²) in [4.78, 5) is 8.72. The Morgan fingerprint density at radius 1 is 1.55 bits per heavy atom. The maximum atomic E-state index is 5.08. The van der Waals surface area contributed by atoms with Gasteiger partial charge in [0.2, 0.25) is 0 Å². The minimum Gasteiger partial charge on any atom is -0.383 e. The molecule has 0 bridgehead atoms. The Hall–Kier alpha value is -0.410. The molecule has 5 nitrogen and oxygen atoms in total. The van der Waals surface area contributed by atoms with E-state index in [1.807, 2.05) is 0 Å². The van der Waals surface area contributed by atoms with Gasteiger partial charge in [0.15, 0.2) is 5.96 Å². The number of aromatic nitrogens is 1. The quantitative estimate of drug-likeness (QED) is 0.409. The van der Waals surface area contributed by atoms with Gasteiger partial charge in [0.25, 0.3) is 0 Å². The van der Waals surface area contributed by atoms with E-state index in [-0.39, 0.29) is 30.0 Å². The second-order valence-electron chi connectivity index (χ2n) is 4.34. The molecule has 1 heterocycles. The standard InChI is InChI=1S/C13H24N4OS.HI/c1-5-12-17-11(9-19-12)6-7-15-13(14-3)16-10(2)8-18-4;/h9-10H,5-8H2,1-4H3,(H2,14,15,16);1H. The summed E-state index contributed by atoms with van der Waals surface area (Å²) >= 11 is 1.73. The molecule has 0 saturated heterocycles. The largest absolute Gasteiger partial charge is 0.383 e. The first-order valence-corrected chi connectivity index (χ1v) is 7.47. The molecule has 0 amide bonds. The molecule has 1 atom stereocenters. The fourth-order valence-corrected chi connectivity index (χ4v) is 2.43. The van der Waals surface area contributed by atoms with E-state index in [4.69, 9.17) is 4.74 Å². The first-order valence-electron chi connectivity index (χ1n) is 6.59. The molecule has 0 fully saturated rings. The third kappa shape index (κ3) is 7.39. The summed E-state index contributed by atoms with van der Waals surface area (Å²) in [5.74, 6) is 0.801. The molecule has 0 aliphatic rings. The number of aliphatic imine (C=N–C) groups is 1. The van der Waals surface area contributed by atoms with Crippen LogP contribution in [0.3, 0.4) is 0 Å². The van der Waals surface area contributed by atoms with Gasteiger partial charge in [0.1, 0.15) is 0 Å². The van der Waals surface area contributed by atoms with Crippen molar-refractivity contribution in [2.75, 3.05) is 27.3 Å². The van der Waals surface area contributed by atoms with Crippen molar-refractivity contribution in [3.8, 4) is 0 Å². The number of hydrogen-bond acceptors (Lipinski definition) is 4. The molecule has 0 saturated carbocycles. The van der Waals surface area contributed by atoms with Crippen LogP contribution in [0.1, 0.15) is 24.5 Å². The second-order valence-corrected chi connectivity index (χ2v) is 5.28. The Morgan fingerprint density at radius 3 is 2.85 bits per heavy atom. The van der Waals surface area contributed by atoms with E-state index < -0.39 is 0 Å². The number of aryl methyl sites for hydroxylation is 1. The third-order valence-electron chi connectivity index (χ3n) is 2.60. The van der Waals surface area contributed by atoms with Crippen molar-refractivity contribution in [1.29, 1.82) is 0 Å². The monoisotopic (exact) mass is 412 g/mol. The van der Waals surface area contributed by atoms with Gasteiger partial charge in [-0.3, -0.25) is 4.99 Å². The van der Waals surface area contributed by atoms with Crippen LogP contribution in [0.4, 0.5) is 0 Å². The molecule has 0 radical (unpaired) electrons. The topological polar surface area (TPSA) is 58.5 Å². The molecular weight excluding hydrogens is 387 g/mol. The number of thiazole rings is 1. The van der Waals surface area contributed by atoms with Gasteiger partial charge in [-0.25, -0.2) is 4.98 Å². The minimum atomic E-state index is 0. The molecule has 0 aliphatic carbocycles. The predicted octanol–water partition coefficient (Wildman–Crippen LogP) is 2.07. The summed E-state index contributed by atoms with van der Waals surface area (Å²) in [6, 6.07) is 0.238. The van der Waals surface area contributed by atoms with Crippen LogP contribution < -0.4 is 10.6 Å². The fourth-order valence-electron chi connectivity index (χ4n) is 1.65. The van der Waals surface area contributed by atoms with Gasteiger partial charge in [-0.2, -0.15) is 0 Å². The third-order valence-corrected chi connectivity index (χ3v) is 3.64. The summed E-state index contributed by atoms with van der Waals surface area (Å²) < 4.78 is 5.08.